The van der Waals surface area contributed by atoms with E-state index in [9.17, 15) is 13.2 Å². The minimum Gasteiger partial charge on any atom is -0.484 e. The van der Waals surface area contributed by atoms with E-state index in [2.05, 4.69) is 10.0 Å². The van der Waals surface area contributed by atoms with Gasteiger partial charge in [-0.15, -0.1) is 0 Å². The summed E-state index contributed by atoms with van der Waals surface area (Å²) in [5.74, 6) is 0.109. The number of sulfonamides is 1. The molecule has 0 saturated carbocycles. The first-order chi connectivity index (χ1) is 12.4. The van der Waals surface area contributed by atoms with Gasteiger partial charge in [0, 0.05) is 19.3 Å². The fourth-order valence-corrected chi connectivity index (χ4v) is 3.14. The lowest BCUT2D eigenvalue weighted by molar-refractivity contribution is -0.118. The molecule has 2 aromatic carbocycles. The molecule has 0 aliphatic rings. The Hall–Kier alpha value is -2.42. The summed E-state index contributed by atoms with van der Waals surface area (Å²) in [5.41, 5.74) is 1.68. The number of amides is 1. The van der Waals surface area contributed by atoms with Crippen LogP contribution in [0.1, 0.15) is 5.56 Å². The summed E-state index contributed by atoms with van der Waals surface area (Å²) in [6.07, 6.45) is 0. The van der Waals surface area contributed by atoms with Crippen molar-refractivity contribution in [1.29, 1.82) is 0 Å². The molecule has 0 bridgehead atoms. The first-order valence-corrected chi connectivity index (χ1v) is 9.47. The highest BCUT2D eigenvalue weighted by molar-refractivity contribution is 7.89. The molecule has 7 nitrogen and oxygen atoms in total. The van der Waals surface area contributed by atoms with Gasteiger partial charge in [0.05, 0.1) is 11.5 Å². The van der Waals surface area contributed by atoms with Gasteiger partial charge in [-0.3, -0.25) is 4.79 Å². The Morgan fingerprint density at radius 1 is 1.08 bits per heavy atom. The van der Waals surface area contributed by atoms with Crippen LogP contribution >= 0.6 is 0 Å². The van der Waals surface area contributed by atoms with Gasteiger partial charge in [-0.1, -0.05) is 18.2 Å². The predicted octanol–water partition coefficient (Wildman–Crippen LogP) is 1.94. The smallest absolute Gasteiger partial charge is 0.262 e. The second-order valence-electron chi connectivity index (χ2n) is 5.51. The lowest BCUT2D eigenvalue weighted by Crippen LogP contribution is -2.27. The molecule has 140 valence electrons. The number of nitrogens with one attached hydrogen (secondary N) is 2. The molecule has 26 heavy (non-hydrogen) atoms. The summed E-state index contributed by atoms with van der Waals surface area (Å²) in [4.78, 5) is 12.1. The third-order valence-electron chi connectivity index (χ3n) is 3.52. The molecule has 2 rings (SSSR count). The van der Waals surface area contributed by atoms with Crippen LogP contribution in [0.4, 0.5) is 5.69 Å². The zero-order valence-electron chi connectivity index (χ0n) is 14.7. The Bertz CT molecular complexity index is 835. The summed E-state index contributed by atoms with van der Waals surface area (Å²) >= 11 is 0. The molecular weight excluding hydrogens is 356 g/mol. The van der Waals surface area contributed by atoms with Crippen LogP contribution in [-0.2, 0) is 19.6 Å². The lowest BCUT2D eigenvalue weighted by atomic mass is 10.2. The monoisotopic (exact) mass is 378 g/mol. The Kier molecular flexibility index (Phi) is 7.14. The molecule has 0 aromatic heterocycles. The first-order valence-electron chi connectivity index (χ1n) is 7.99. The fourth-order valence-electron chi connectivity index (χ4n) is 2.12. The van der Waals surface area contributed by atoms with Crippen LogP contribution in [0.15, 0.2) is 53.4 Å². The van der Waals surface area contributed by atoms with E-state index in [4.69, 9.17) is 9.47 Å². The van der Waals surface area contributed by atoms with Crippen molar-refractivity contribution in [2.45, 2.75) is 11.8 Å². The van der Waals surface area contributed by atoms with Gasteiger partial charge in [-0.25, -0.2) is 13.1 Å². The fraction of sp³-hybridized carbons (Fsp3) is 0.278. The van der Waals surface area contributed by atoms with Crippen LogP contribution < -0.4 is 14.8 Å². The van der Waals surface area contributed by atoms with Gasteiger partial charge in [0.25, 0.3) is 5.91 Å². The second kappa shape index (κ2) is 9.33. The van der Waals surface area contributed by atoms with E-state index in [0.29, 0.717) is 5.75 Å². The molecule has 0 fully saturated rings. The third-order valence-corrected chi connectivity index (χ3v) is 5.00. The molecule has 2 N–H and O–H groups in total. The number of aryl methyl sites for hydroxylation is 1. The van der Waals surface area contributed by atoms with Crippen LogP contribution in [0.25, 0.3) is 0 Å². The predicted molar refractivity (Wildman–Crippen MR) is 98.8 cm³/mol. The maximum atomic E-state index is 12.0. The highest BCUT2D eigenvalue weighted by Gasteiger charge is 2.13. The molecule has 0 aliphatic carbocycles. The van der Waals surface area contributed by atoms with Gasteiger partial charge in [0.1, 0.15) is 5.75 Å². The van der Waals surface area contributed by atoms with Gasteiger partial charge in [-0.05, 0) is 42.8 Å². The largest absolute Gasteiger partial charge is 0.484 e. The number of benzene rings is 2. The summed E-state index contributed by atoms with van der Waals surface area (Å²) < 4.78 is 36.7. The van der Waals surface area contributed by atoms with E-state index < -0.39 is 10.0 Å². The van der Waals surface area contributed by atoms with Gasteiger partial charge in [0.15, 0.2) is 6.61 Å². The highest BCUT2D eigenvalue weighted by atomic mass is 32.2. The molecule has 0 atom stereocenters. The molecule has 0 aliphatic heterocycles. The van der Waals surface area contributed by atoms with E-state index in [-0.39, 0.29) is 30.6 Å². The van der Waals surface area contributed by atoms with Gasteiger partial charge >= 0.3 is 0 Å². The van der Waals surface area contributed by atoms with Crippen molar-refractivity contribution in [3.8, 4) is 5.75 Å². The SMILES string of the molecule is COCCNS(=O)(=O)c1ccc(OCC(=O)Nc2ccccc2C)cc1. The Labute approximate surface area is 153 Å². The van der Waals surface area contributed by atoms with Crippen LogP contribution in [0.3, 0.4) is 0 Å². The normalized spacial score (nSPS) is 11.2. The molecule has 0 spiro atoms. The first kappa shape index (κ1) is 19.9. The molecule has 1 amide bonds. The standard InChI is InChI=1S/C18H22N2O5S/c1-14-5-3-4-6-17(14)20-18(21)13-25-15-7-9-16(10-8-15)26(22,23)19-11-12-24-2/h3-10,19H,11-13H2,1-2H3,(H,20,21). The van der Waals surface area contributed by atoms with E-state index in [0.717, 1.165) is 11.3 Å². The van der Waals surface area contributed by atoms with Crippen LogP contribution in [0, 0.1) is 6.92 Å². The zero-order valence-corrected chi connectivity index (χ0v) is 15.5. The van der Waals surface area contributed by atoms with Crippen molar-refractivity contribution in [3.63, 3.8) is 0 Å². The minimum atomic E-state index is -3.59. The number of anilines is 1. The number of para-hydroxylation sites is 1. The summed E-state index contributed by atoms with van der Waals surface area (Å²) in [7, 11) is -2.10. The third kappa shape index (κ3) is 5.83. The maximum Gasteiger partial charge on any atom is 0.262 e. The molecule has 0 radical (unpaired) electrons. The number of ether oxygens (including phenoxy) is 2. The number of carbonyl (C=O) groups excluding carboxylic acids is 1. The van der Waals surface area contributed by atoms with Crippen molar-refractivity contribution in [2.75, 3.05) is 32.2 Å². The number of carbonyl (C=O) groups is 1. The molecule has 2 aromatic rings. The molecular formula is C18H22N2O5S. The van der Waals surface area contributed by atoms with Crippen LogP contribution in [-0.4, -0.2) is 41.2 Å². The average molecular weight is 378 g/mol. The molecule has 0 saturated heterocycles. The number of hydrogen-bond acceptors (Lipinski definition) is 5. The van der Waals surface area contributed by atoms with Crippen molar-refractivity contribution in [2.24, 2.45) is 0 Å². The van der Waals surface area contributed by atoms with Crippen LogP contribution in [0.2, 0.25) is 0 Å². The average Bonchev–Trinajstić information content (AvgIpc) is 2.62. The molecule has 0 heterocycles. The van der Waals surface area contributed by atoms with Gasteiger partial charge in [0.2, 0.25) is 10.0 Å². The van der Waals surface area contributed by atoms with Crippen molar-refractivity contribution in [3.05, 3.63) is 54.1 Å². The van der Waals surface area contributed by atoms with Crippen molar-refractivity contribution >= 4 is 21.6 Å². The van der Waals surface area contributed by atoms with E-state index >= 15 is 0 Å². The Morgan fingerprint density at radius 2 is 1.77 bits per heavy atom. The van der Waals surface area contributed by atoms with E-state index in [1.54, 1.807) is 0 Å². The quantitative estimate of drug-likeness (QED) is 0.651. The second-order valence-corrected chi connectivity index (χ2v) is 7.28. The number of hydrogen-bond donors (Lipinski definition) is 2. The zero-order chi connectivity index (χ0) is 19.0. The summed E-state index contributed by atoms with van der Waals surface area (Å²) in [5, 5.41) is 2.76. The Morgan fingerprint density at radius 3 is 2.42 bits per heavy atom. The minimum absolute atomic E-state index is 0.116. The molecule has 0 unspecified atom stereocenters. The van der Waals surface area contributed by atoms with Gasteiger partial charge in [-0.2, -0.15) is 0 Å². The van der Waals surface area contributed by atoms with Crippen LogP contribution in [0.5, 0.6) is 5.75 Å². The summed E-state index contributed by atoms with van der Waals surface area (Å²) in [6, 6.07) is 13.3. The molecule has 8 heteroatoms. The van der Waals surface area contributed by atoms with Crippen molar-refractivity contribution < 1.29 is 22.7 Å². The van der Waals surface area contributed by atoms with Crippen molar-refractivity contribution in [1.82, 2.24) is 4.72 Å². The number of methoxy groups -OCH3 is 1. The lowest BCUT2D eigenvalue weighted by Gasteiger charge is -2.10. The summed E-state index contributed by atoms with van der Waals surface area (Å²) in [6.45, 7) is 2.20. The number of rotatable bonds is 9. The topological polar surface area (TPSA) is 93.7 Å². The van der Waals surface area contributed by atoms with E-state index in [1.807, 2.05) is 31.2 Å². The maximum absolute atomic E-state index is 12.0. The Balaban J connectivity index is 1.89. The van der Waals surface area contributed by atoms with E-state index in [1.165, 1.54) is 31.4 Å². The van der Waals surface area contributed by atoms with Gasteiger partial charge < -0.3 is 14.8 Å². The highest BCUT2D eigenvalue weighted by Crippen LogP contribution is 2.16.